The van der Waals surface area contributed by atoms with E-state index in [1.807, 2.05) is 203 Å². The van der Waals surface area contributed by atoms with E-state index in [4.69, 9.17) is 37.1 Å². The first kappa shape index (κ1) is 70.1. The molecule has 0 atom stereocenters. The average molecular weight is 1410 g/mol. The van der Waals surface area contributed by atoms with Crippen LogP contribution in [0.4, 0.5) is 56.8 Å². The zero-order valence-electron chi connectivity index (χ0n) is 58.6. The normalized spacial score (nSPS) is 12.1. The molecule has 27 heteroatoms. The van der Waals surface area contributed by atoms with Crippen LogP contribution in [0.25, 0.3) is 45.1 Å². The summed E-state index contributed by atoms with van der Waals surface area (Å²) in [6, 6.07) is 63.6. The van der Waals surface area contributed by atoms with Gasteiger partial charge in [-0.2, -0.15) is 0 Å². The van der Waals surface area contributed by atoms with Crippen molar-refractivity contribution < 1.29 is 28.6 Å². The second-order valence-corrected chi connectivity index (χ2v) is 25.6. The van der Waals surface area contributed by atoms with Crippen LogP contribution < -0.4 is 58.5 Å². The van der Waals surface area contributed by atoms with E-state index in [1.54, 1.807) is 66.1 Å². The minimum atomic E-state index is -0.596. The number of aromatic nitrogens is 12. The van der Waals surface area contributed by atoms with Crippen molar-refractivity contribution in [1.29, 1.82) is 0 Å². The quantitative estimate of drug-likeness (QED) is 0.0934. The van der Waals surface area contributed by atoms with Gasteiger partial charge in [0.05, 0.1) is 47.0 Å². The number of nitrogens with two attached hydrogens (primary N) is 4. The van der Waals surface area contributed by atoms with Crippen molar-refractivity contribution in [2.45, 2.75) is 60.0 Å². The lowest BCUT2D eigenvalue weighted by molar-refractivity contribution is -0.117. The zero-order valence-corrected chi connectivity index (χ0v) is 58.6. The first-order valence-corrected chi connectivity index (χ1v) is 33.3. The molecule has 0 spiro atoms. The second kappa shape index (κ2) is 29.7. The fraction of sp³-hybridized carbons (Fsp3) is 0.127. The van der Waals surface area contributed by atoms with E-state index in [2.05, 4.69) is 39.9 Å². The Hall–Kier alpha value is -14.4. The molecular formula is C79H71N19O8. The number of carbonyl (C=O) groups excluding carboxylic acids is 3. The maximum absolute atomic E-state index is 13.5. The van der Waals surface area contributed by atoms with Gasteiger partial charge in [-0.1, -0.05) is 78.9 Å². The van der Waals surface area contributed by atoms with Crippen LogP contribution in [0.3, 0.4) is 0 Å². The Balaban J connectivity index is 0.000000127. The van der Waals surface area contributed by atoms with Crippen molar-refractivity contribution in [3.8, 4) is 45.7 Å². The number of nitrogens with zero attached hydrogens (tertiary/aromatic N) is 15. The van der Waals surface area contributed by atoms with Gasteiger partial charge in [-0.25, -0.2) is 63.4 Å². The van der Waals surface area contributed by atoms with Gasteiger partial charge in [0.1, 0.15) is 88.2 Å². The van der Waals surface area contributed by atoms with E-state index in [0.717, 1.165) is 45.3 Å². The molecule has 8 N–H and O–H groups in total. The van der Waals surface area contributed by atoms with Crippen molar-refractivity contribution in [2.75, 3.05) is 44.7 Å². The minimum Gasteiger partial charge on any atom is -0.457 e. The molecule has 8 aromatic carbocycles. The lowest BCUT2D eigenvalue weighted by atomic mass is 10.2. The van der Waals surface area contributed by atoms with Crippen molar-refractivity contribution >= 4 is 92.2 Å². The van der Waals surface area contributed by atoms with Crippen molar-refractivity contribution in [1.82, 2.24) is 58.1 Å². The van der Waals surface area contributed by atoms with Crippen LogP contribution in [-0.2, 0) is 27.2 Å². The Kier molecular flexibility index (Phi) is 19.6. The summed E-state index contributed by atoms with van der Waals surface area (Å²) in [4.78, 5) is 101. The summed E-state index contributed by atoms with van der Waals surface area (Å²) in [6.07, 6.45) is 5.37. The number of rotatable bonds is 11. The van der Waals surface area contributed by atoms with Gasteiger partial charge in [0.25, 0.3) is 0 Å². The number of anilines is 9. The largest absolute Gasteiger partial charge is 0.457 e. The molecule has 8 heterocycles. The molecule has 2 aliphatic rings. The summed E-state index contributed by atoms with van der Waals surface area (Å²) in [5, 5.41) is 0. The van der Waals surface area contributed by atoms with Gasteiger partial charge in [-0.05, 0) is 186 Å². The third-order valence-electron chi connectivity index (χ3n) is 16.9. The van der Waals surface area contributed by atoms with Crippen LogP contribution in [0, 0.1) is 20.8 Å². The second-order valence-electron chi connectivity index (χ2n) is 25.6. The highest BCUT2D eigenvalue weighted by atomic mass is 16.6. The molecule has 0 unspecified atom stereocenters. The number of hydrogen-bond donors (Lipinski definition) is 4. The summed E-state index contributed by atoms with van der Waals surface area (Å²) >= 11 is 0. The molecule has 0 saturated heterocycles. The summed E-state index contributed by atoms with van der Waals surface area (Å²) in [5.41, 5.74) is 33.9. The number of fused-ring (bicyclic) bond motifs is 4. The predicted octanol–water partition coefficient (Wildman–Crippen LogP) is 12.7. The summed E-state index contributed by atoms with van der Waals surface area (Å²) in [7, 11) is 1.62. The number of para-hydroxylation sites is 2. The monoisotopic (exact) mass is 1410 g/mol. The van der Waals surface area contributed by atoms with Gasteiger partial charge in [0, 0.05) is 23.9 Å². The van der Waals surface area contributed by atoms with Gasteiger partial charge in [0.15, 0.2) is 22.9 Å². The number of hydrogen-bond acceptors (Lipinski definition) is 20. The molecule has 0 fully saturated rings. The number of imidazole rings is 2. The van der Waals surface area contributed by atoms with Crippen LogP contribution in [-0.4, -0.2) is 88.7 Å². The number of nitrogen functional groups attached to an aromatic ring is 4. The van der Waals surface area contributed by atoms with Gasteiger partial charge in [-0.15, -0.1) is 0 Å². The van der Waals surface area contributed by atoms with E-state index in [9.17, 15) is 24.0 Å². The first-order valence-electron chi connectivity index (χ1n) is 33.3. The maximum Gasteiger partial charge on any atom is 0.414 e. The molecule has 6 aromatic heterocycles. The molecule has 14 aromatic rings. The molecule has 530 valence electrons. The highest BCUT2D eigenvalue weighted by Crippen LogP contribution is 2.39. The summed E-state index contributed by atoms with van der Waals surface area (Å²) in [5.74, 6) is 4.84. The first-order chi connectivity index (χ1) is 51.1. The molecule has 27 nitrogen and oxygen atoms in total. The van der Waals surface area contributed by atoms with Gasteiger partial charge in [0.2, 0.25) is 11.8 Å². The molecule has 0 aliphatic carbocycles. The molecular weight excluding hydrogens is 1340 g/mol. The maximum atomic E-state index is 13.5. The molecule has 2 aliphatic heterocycles. The minimum absolute atomic E-state index is 0.0252. The van der Waals surface area contributed by atoms with E-state index < -0.39 is 11.7 Å². The number of carbonyl (C=O) groups is 3. The Bertz CT molecular complexity index is 5540. The standard InChI is InChI=1S/2C24H19N5O2.C18H21N5O3.C13H12N4O/c2*1-16-6-5-7-18(14-16)29-23-21(22(25)26-15-27-23)28(24(29)30)17-10-12-20(13-11-17)31-19-8-3-2-4-9-19;1-18(2,3)26-17(25)22(4)11-6-5-7-12(8-11)23-14(24)9-13-15(19)20-10-21-16(13)23;1-8-3-2-4-9(5-8)17-11(18)6-10-12(14)15-7-16-13(10)17/h2*2-15H,1H3,(H2,25,26,27);5-8,10H,9H2,1-4H3,(H2,19,20,21);2-5,7H,6H2,1H3,(H2,14,15,16). The number of amides is 3. The molecule has 0 saturated carbocycles. The fourth-order valence-electron chi connectivity index (χ4n) is 12.0. The molecule has 0 radical (unpaired) electrons. The van der Waals surface area contributed by atoms with Crippen LogP contribution in [0.15, 0.2) is 241 Å². The van der Waals surface area contributed by atoms with E-state index in [1.165, 1.54) is 44.2 Å². The van der Waals surface area contributed by atoms with Crippen molar-refractivity contribution in [3.63, 3.8) is 0 Å². The van der Waals surface area contributed by atoms with Gasteiger partial charge < -0.3 is 37.1 Å². The third kappa shape index (κ3) is 14.7. The smallest absolute Gasteiger partial charge is 0.414 e. The fourth-order valence-corrected chi connectivity index (χ4v) is 12.0. The highest BCUT2D eigenvalue weighted by molar-refractivity contribution is 6.08. The van der Waals surface area contributed by atoms with E-state index in [0.29, 0.717) is 91.0 Å². The van der Waals surface area contributed by atoms with Crippen LogP contribution in [0.1, 0.15) is 48.6 Å². The Morgan fingerprint density at radius 2 is 0.755 bits per heavy atom. The highest BCUT2D eigenvalue weighted by Gasteiger charge is 2.34. The topological polar surface area (TPSA) is 350 Å². The number of benzene rings is 8. The summed E-state index contributed by atoms with van der Waals surface area (Å²) in [6.45, 7) is 11.3. The number of aryl methyl sites for hydroxylation is 3. The lowest BCUT2D eigenvalue weighted by Gasteiger charge is -2.25. The summed E-state index contributed by atoms with van der Waals surface area (Å²) < 4.78 is 23.2. The van der Waals surface area contributed by atoms with E-state index >= 15 is 0 Å². The van der Waals surface area contributed by atoms with Gasteiger partial charge >= 0.3 is 17.5 Å². The average Bonchev–Trinajstić information content (AvgIpc) is 1.70. The lowest BCUT2D eigenvalue weighted by Crippen LogP contribution is -2.34. The Labute approximate surface area is 606 Å². The van der Waals surface area contributed by atoms with Gasteiger partial charge in [-0.3, -0.25) is 33.4 Å². The van der Waals surface area contributed by atoms with Crippen molar-refractivity contribution in [2.24, 2.45) is 0 Å². The SMILES string of the molecule is CN(C(=O)OC(C)(C)C)c1cccc(N2C(=O)Cc3c(N)ncnc32)c1.Cc1cccc(-n2c(=O)n(-c3ccc(Oc4ccccc4)cc3)c3c(N)ncnc32)c1.Cc1cccc(-n2c(=O)n(-c3ccc(Oc4ccccc4)cc3)c3c(N)ncnc32)c1.Cc1cccc(N2C(=O)Cc3c(N)ncnc32)c1. The Morgan fingerprint density at radius 3 is 1.16 bits per heavy atom. The third-order valence-corrected chi connectivity index (χ3v) is 16.9. The van der Waals surface area contributed by atoms with E-state index in [-0.39, 0.29) is 47.7 Å². The number of ether oxygens (including phenoxy) is 3. The van der Waals surface area contributed by atoms with Crippen LogP contribution in [0.2, 0.25) is 0 Å². The van der Waals surface area contributed by atoms with Crippen molar-refractivity contribution in [3.05, 3.63) is 280 Å². The van der Waals surface area contributed by atoms with Crippen LogP contribution in [0.5, 0.6) is 23.0 Å². The Morgan fingerprint density at radius 1 is 0.396 bits per heavy atom. The molecule has 106 heavy (non-hydrogen) atoms. The van der Waals surface area contributed by atoms with Crippen LogP contribution >= 0.6 is 0 Å². The molecule has 16 rings (SSSR count). The zero-order chi connectivity index (χ0) is 74.5. The molecule has 0 bridgehead atoms. The molecule has 3 amide bonds. The predicted molar refractivity (Wildman–Crippen MR) is 407 cm³/mol.